The van der Waals surface area contributed by atoms with Crippen LogP contribution in [-0.4, -0.2) is 11.1 Å². The Morgan fingerprint density at radius 3 is 2.33 bits per heavy atom. The lowest BCUT2D eigenvalue weighted by Gasteiger charge is -2.21. The molecule has 15 heavy (non-hydrogen) atoms. The molecule has 1 N–H and O–H groups in total. The van der Waals surface area contributed by atoms with Crippen LogP contribution in [0.3, 0.4) is 0 Å². The first-order valence-corrected chi connectivity index (χ1v) is 5.40. The van der Waals surface area contributed by atoms with Gasteiger partial charge < -0.3 is 5.11 Å². The van der Waals surface area contributed by atoms with E-state index in [2.05, 4.69) is 15.9 Å². The van der Waals surface area contributed by atoms with Crippen molar-refractivity contribution in [2.24, 2.45) is 0 Å². The Hall–Kier alpha value is -1.09. The van der Waals surface area contributed by atoms with Crippen LogP contribution < -0.4 is 0 Å². The summed E-state index contributed by atoms with van der Waals surface area (Å²) in [4.78, 5) is 10.7. The van der Waals surface area contributed by atoms with E-state index < -0.39 is 5.97 Å². The van der Waals surface area contributed by atoms with Crippen molar-refractivity contribution in [3.63, 3.8) is 0 Å². The van der Waals surface area contributed by atoms with Gasteiger partial charge in [0.25, 0.3) is 0 Å². The highest BCUT2D eigenvalue weighted by Gasteiger charge is 2.19. The second kappa shape index (κ2) is 4.62. The van der Waals surface area contributed by atoms with Crippen LogP contribution in [0.2, 0.25) is 0 Å². The molecule has 2 nitrogen and oxygen atoms in total. The molecule has 0 heterocycles. The number of carbonyl (C=O) groups is 1. The largest absolute Gasteiger partial charge is 0.477 e. The molecule has 0 spiro atoms. The highest BCUT2D eigenvalue weighted by atomic mass is 79.9. The molecular formula is C12H13BrO2. The molecule has 0 bridgehead atoms. The number of rotatable bonds is 3. The summed E-state index contributed by atoms with van der Waals surface area (Å²) in [6, 6.07) is 9.80. The lowest BCUT2D eigenvalue weighted by atomic mass is 9.84. The molecule has 1 aromatic carbocycles. The molecule has 1 rings (SSSR count). The van der Waals surface area contributed by atoms with Gasteiger partial charge in [-0.15, -0.1) is 0 Å². The van der Waals surface area contributed by atoms with E-state index in [9.17, 15) is 4.79 Å². The first-order chi connectivity index (χ1) is 6.93. The molecule has 1 aromatic rings. The molecule has 0 fully saturated rings. The topological polar surface area (TPSA) is 37.3 Å². The molecule has 0 aliphatic carbocycles. The summed E-state index contributed by atoms with van der Waals surface area (Å²) in [6.45, 7) is 3.96. The molecule has 0 saturated carbocycles. The van der Waals surface area contributed by atoms with Crippen molar-refractivity contribution in [2.75, 3.05) is 0 Å². The number of halogens is 1. The lowest BCUT2D eigenvalue weighted by Crippen LogP contribution is -2.15. The van der Waals surface area contributed by atoms with Crippen molar-refractivity contribution in [2.45, 2.75) is 19.3 Å². The summed E-state index contributed by atoms with van der Waals surface area (Å²) >= 11 is 3.04. The highest BCUT2D eigenvalue weighted by Crippen LogP contribution is 2.27. The monoisotopic (exact) mass is 268 g/mol. The fraction of sp³-hybridized carbons (Fsp3) is 0.250. The first-order valence-electron chi connectivity index (χ1n) is 4.60. The molecule has 3 heteroatoms. The molecule has 0 aliphatic heterocycles. The second-order valence-electron chi connectivity index (χ2n) is 3.89. The summed E-state index contributed by atoms with van der Waals surface area (Å²) in [5.41, 5.74) is 0.793. The highest BCUT2D eigenvalue weighted by molar-refractivity contribution is 9.12. The maximum Gasteiger partial charge on any atom is 0.342 e. The Labute approximate surface area is 97.8 Å². The summed E-state index contributed by atoms with van der Waals surface area (Å²) in [7, 11) is 0. The van der Waals surface area contributed by atoms with Crippen LogP contribution in [0.15, 0.2) is 40.9 Å². The maximum atomic E-state index is 10.7. The minimum absolute atomic E-state index is 0.191. The van der Waals surface area contributed by atoms with Crippen molar-refractivity contribution < 1.29 is 9.90 Å². The van der Waals surface area contributed by atoms with E-state index in [4.69, 9.17) is 5.11 Å². The van der Waals surface area contributed by atoms with Gasteiger partial charge in [-0.25, -0.2) is 4.79 Å². The van der Waals surface area contributed by atoms with Gasteiger partial charge in [0.15, 0.2) is 0 Å². The van der Waals surface area contributed by atoms with E-state index in [1.807, 2.05) is 44.2 Å². The standard InChI is InChI=1S/C12H13BrO2/c1-12(2,8-10(13)11(14)15)9-6-4-3-5-7-9/h3-8H,1-2H3,(H,14,15). The summed E-state index contributed by atoms with van der Waals surface area (Å²) in [5, 5.41) is 8.78. The van der Waals surface area contributed by atoms with Crippen LogP contribution in [0.25, 0.3) is 0 Å². The van der Waals surface area contributed by atoms with Crippen molar-refractivity contribution in [1.29, 1.82) is 0 Å². The third-order valence-corrected chi connectivity index (χ3v) is 2.78. The van der Waals surface area contributed by atoms with Gasteiger partial charge in [-0.3, -0.25) is 0 Å². The number of benzene rings is 1. The number of allylic oxidation sites excluding steroid dienone is 1. The van der Waals surface area contributed by atoms with Gasteiger partial charge >= 0.3 is 5.97 Å². The fourth-order valence-electron chi connectivity index (χ4n) is 1.33. The number of hydrogen-bond acceptors (Lipinski definition) is 1. The van der Waals surface area contributed by atoms with Crippen molar-refractivity contribution in [1.82, 2.24) is 0 Å². The van der Waals surface area contributed by atoms with E-state index in [0.29, 0.717) is 0 Å². The van der Waals surface area contributed by atoms with Crippen LogP contribution in [0.4, 0.5) is 0 Å². The van der Waals surface area contributed by atoms with E-state index in [0.717, 1.165) is 5.56 Å². The number of hydrogen-bond donors (Lipinski definition) is 1. The van der Waals surface area contributed by atoms with Crippen LogP contribution in [0.1, 0.15) is 19.4 Å². The molecular weight excluding hydrogens is 256 g/mol. The van der Waals surface area contributed by atoms with E-state index >= 15 is 0 Å². The Morgan fingerprint density at radius 1 is 1.33 bits per heavy atom. The molecule has 0 aliphatic rings. The number of carboxylic acid groups (broad SMARTS) is 1. The fourth-order valence-corrected chi connectivity index (χ4v) is 1.90. The SMILES string of the molecule is CC(C)(C=C(Br)C(=O)O)c1ccccc1. The molecule has 0 atom stereocenters. The van der Waals surface area contributed by atoms with Gasteiger partial charge in [0.2, 0.25) is 0 Å². The van der Waals surface area contributed by atoms with Gasteiger partial charge in [-0.05, 0) is 21.5 Å². The first kappa shape index (κ1) is 12.0. The number of aliphatic carboxylic acids is 1. The summed E-state index contributed by atoms with van der Waals surface area (Å²) in [6.07, 6.45) is 1.70. The molecule has 0 amide bonds. The third kappa shape index (κ3) is 3.20. The molecule has 80 valence electrons. The van der Waals surface area contributed by atoms with E-state index in [1.165, 1.54) is 0 Å². The third-order valence-electron chi connectivity index (χ3n) is 2.21. The quantitative estimate of drug-likeness (QED) is 0.854. The van der Waals surface area contributed by atoms with Gasteiger partial charge in [0, 0.05) is 5.41 Å². The van der Waals surface area contributed by atoms with Crippen molar-refractivity contribution in [3.8, 4) is 0 Å². The predicted molar refractivity (Wildman–Crippen MR) is 64.1 cm³/mol. The summed E-state index contributed by atoms with van der Waals surface area (Å²) in [5.74, 6) is -0.945. The van der Waals surface area contributed by atoms with Gasteiger partial charge in [0.1, 0.15) is 0 Å². The smallest absolute Gasteiger partial charge is 0.342 e. The number of carboxylic acids is 1. The zero-order valence-corrected chi connectivity index (χ0v) is 10.3. The van der Waals surface area contributed by atoms with E-state index in [-0.39, 0.29) is 9.90 Å². The zero-order chi connectivity index (χ0) is 11.5. The molecule has 0 radical (unpaired) electrons. The van der Waals surface area contributed by atoms with Gasteiger partial charge in [-0.2, -0.15) is 0 Å². The Balaban J connectivity index is 3.04. The van der Waals surface area contributed by atoms with Crippen LogP contribution in [0.5, 0.6) is 0 Å². The molecule has 0 unspecified atom stereocenters. The summed E-state index contributed by atoms with van der Waals surface area (Å²) < 4.78 is 0.191. The second-order valence-corrected chi connectivity index (χ2v) is 4.74. The Bertz CT molecular complexity index is 380. The van der Waals surface area contributed by atoms with Gasteiger partial charge in [0.05, 0.1) is 4.48 Å². The maximum absolute atomic E-state index is 10.7. The Morgan fingerprint density at radius 2 is 1.87 bits per heavy atom. The minimum atomic E-state index is -0.945. The Kier molecular flexibility index (Phi) is 3.69. The van der Waals surface area contributed by atoms with Crippen LogP contribution in [-0.2, 0) is 10.2 Å². The average molecular weight is 269 g/mol. The van der Waals surface area contributed by atoms with Crippen LogP contribution in [0, 0.1) is 0 Å². The molecule has 0 saturated heterocycles. The molecule has 0 aromatic heterocycles. The van der Waals surface area contributed by atoms with Crippen LogP contribution >= 0.6 is 15.9 Å². The van der Waals surface area contributed by atoms with Crippen molar-refractivity contribution in [3.05, 3.63) is 46.5 Å². The van der Waals surface area contributed by atoms with E-state index in [1.54, 1.807) is 6.08 Å². The van der Waals surface area contributed by atoms with Gasteiger partial charge in [-0.1, -0.05) is 50.3 Å². The average Bonchev–Trinajstić information content (AvgIpc) is 2.18. The lowest BCUT2D eigenvalue weighted by molar-refractivity contribution is -0.131. The normalized spacial score (nSPS) is 12.6. The minimum Gasteiger partial charge on any atom is -0.477 e. The predicted octanol–water partition coefficient (Wildman–Crippen LogP) is 3.33. The van der Waals surface area contributed by atoms with Crippen molar-refractivity contribution >= 4 is 21.9 Å². The zero-order valence-electron chi connectivity index (χ0n) is 8.70.